The normalized spacial score (nSPS) is 14.4. The summed E-state index contributed by atoms with van der Waals surface area (Å²) in [4.78, 5) is 17.6. The Labute approximate surface area is 157 Å². The minimum absolute atomic E-state index is 0.125. The molecule has 26 heavy (non-hydrogen) atoms. The van der Waals surface area contributed by atoms with E-state index >= 15 is 0 Å². The van der Waals surface area contributed by atoms with Crippen LogP contribution in [-0.2, 0) is 4.89 Å². The number of Topliss-reactive ketones (excluding diaryl/α,β-unsaturated/α-hetero) is 1. The Morgan fingerprint density at radius 1 is 0.962 bits per heavy atom. The lowest BCUT2D eigenvalue weighted by Crippen LogP contribution is -2.42. The summed E-state index contributed by atoms with van der Waals surface area (Å²) in [6.45, 7) is 19.5. The van der Waals surface area contributed by atoms with Crippen LogP contribution in [0.4, 0.5) is 0 Å². The summed E-state index contributed by atoms with van der Waals surface area (Å²) in [7, 11) is 0. The third kappa shape index (κ3) is 4.25. The number of carbonyl (C=O) groups excluding carboxylic acids is 1. The first-order chi connectivity index (χ1) is 11.9. The second-order valence-electron chi connectivity index (χ2n) is 8.29. The van der Waals surface area contributed by atoms with E-state index in [1.807, 2.05) is 27.7 Å². The molecule has 2 N–H and O–H groups in total. The molecule has 0 radical (unpaired) electrons. The molecule has 0 aliphatic heterocycles. The van der Waals surface area contributed by atoms with Gasteiger partial charge < -0.3 is 5.11 Å². The lowest BCUT2D eigenvalue weighted by atomic mass is 9.79. The van der Waals surface area contributed by atoms with Gasteiger partial charge in [-0.1, -0.05) is 74.1 Å². The van der Waals surface area contributed by atoms with Crippen molar-refractivity contribution in [3.63, 3.8) is 0 Å². The van der Waals surface area contributed by atoms with Crippen molar-refractivity contribution in [3.8, 4) is 0 Å². The van der Waals surface area contributed by atoms with E-state index in [0.29, 0.717) is 11.5 Å². The van der Waals surface area contributed by atoms with Gasteiger partial charge in [-0.25, -0.2) is 5.26 Å². The van der Waals surface area contributed by atoms with Crippen LogP contribution in [0.5, 0.6) is 0 Å². The molecule has 0 aromatic heterocycles. The summed E-state index contributed by atoms with van der Waals surface area (Å²) in [5.74, 6) is -2.45. The monoisotopic (exact) mass is 362 g/mol. The quantitative estimate of drug-likeness (QED) is 0.207. The van der Waals surface area contributed by atoms with Crippen LogP contribution in [0.2, 0.25) is 0 Å². The SMILES string of the molecule is C=C(C(=O)c1c(C(C)C)cc(C(C)C)cc1C(C)C)C(O)(OO)C(C)C. The molecule has 0 amide bonds. The van der Waals surface area contributed by atoms with E-state index in [-0.39, 0.29) is 17.4 Å². The Kier molecular flexibility index (Phi) is 7.34. The van der Waals surface area contributed by atoms with Crippen molar-refractivity contribution in [1.29, 1.82) is 0 Å². The molecule has 1 rings (SSSR count). The van der Waals surface area contributed by atoms with Crippen LogP contribution >= 0.6 is 0 Å². The first-order valence-electron chi connectivity index (χ1n) is 9.35. The number of rotatable bonds is 8. The van der Waals surface area contributed by atoms with Gasteiger partial charge in [-0.05, 0) is 34.4 Å². The molecule has 4 nitrogen and oxygen atoms in total. The molecular weight excluding hydrogens is 328 g/mol. The summed E-state index contributed by atoms with van der Waals surface area (Å²) < 4.78 is 0. The van der Waals surface area contributed by atoms with Gasteiger partial charge in [0.05, 0.1) is 5.57 Å². The first-order valence-corrected chi connectivity index (χ1v) is 9.35. The Morgan fingerprint density at radius 3 is 1.65 bits per heavy atom. The number of hydrogen-bond donors (Lipinski definition) is 2. The average molecular weight is 363 g/mol. The van der Waals surface area contributed by atoms with Crippen molar-refractivity contribution in [2.45, 2.75) is 78.9 Å². The van der Waals surface area contributed by atoms with Gasteiger partial charge in [-0.3, -0.25) is 4.79 Å². The molecule has 0 spiro atoms. The zero-order valence-electron chi connectivity index (χ0n) is 17.4. The van der Waals surface area contributed by atoms with E-state index in [0.717, 1.165) is 11.1 Å². The topological polar surface area (TPSA) is 66.8 Å². The summed E-state index contributed by atoms with van der Waals surface area (Å²) in [6, 6.07) is 4.13. The van der Waals surface area contributed by atoms with Crippen molar-refractivity contribution in [2.24, 2.45) is 5.92 Å². The van der Waals surface area contributed by atoms with Crippen LogP contribution < -0.4 is 0 Å². The van der Waals surface area contributed by atoms with E-state index in [1.54, 1.807) is 13.8 Å². The van der Waals surface area contributed by atoms with Crippen molar-refractivity contribution >= 4 is 5.78 Å². The van der Waals surface area contributed by atoms with Gasteiger partial charge in [-0.2, -0.15) is 4.89 Å². The molecule has 1 unspecified atom stereocenters. The number of aliphatic hydroxyl groups is 1. The number of carbonyl (C=O) groups is 1. The molecular formula is C22H34O4. The minimum atomic E-state index is -2.11. The van der Waals surface area contributed by atoms with Crippen LogP contribution in [-0.4, -0.2) is 21.9 Å². The molecule has 0 heterocycles. The van der Waals surface area contributed by atoms with Crippen LogP contribution in [0.15, 0.2) is 24.3 Å². The third-order valence-electron chi connectivity index (χ3n) is 4.99. The van der Waals surface area contributed by atoms with Crippen molar-refractivity contribution in [3.05, 3.63) is 46.5 Å². The lowest BCUT2D eigenvalue weighted by Gasteiger charge is -2.31. The molecule has 0 fully saturated rings. The molecule has 146 valence electrons. The zero-order chi connectivity index (χ0) is 20.4. The fraction of sp³-hybridized carbons (Fsp3) is 0.591. The Balaban J connectivity index is 3.69. The molecule has 0 saturated carbocycles. The van der Waals surface area contributed by atoms with E-state index in [2.05, 4.69) is 37.4 Å². The standard InChI is InChI=1S/C22H34O4/c1-12(2)17-10-18(13(3)4)20(19(11-17)14(5)6)21(23)16(9)22(24,26-25)15(7)8/h10-15,24-25H,9H2,1-8H3. The highest BCUT2D eigenvalue weighted by molar-refractivity contribution is 6.11. The van der Waals surface area contributed by atoms with Gasteiger partial charge in [0.15, 0.2) is 5.78 Å². The molecule has 4 heteroatoms. The van der Waals surface area contributed by atoms with Crippen LogP contribution in [0.25, 0.3) is 0 Å². The van der Waals surface area contributed by atoms with Gasteiger partial charge in [-0.15, -0.1) is 0 Å². The summed E-state index contributed by atoms with van der Waals surface area (Å²) in [6.07, 6.45) is 0. The molecule has 1 aromatic rings. The van der Waals surface area contributed by atoms with Gasteiger partial charge >= 0.3 is 0 Å². The summed E-state index contributed by atoms with van der Waals surface area (Å²) >= 11 is 0. The second kappa shape index (κ2) is 8.47. The smallest absolute Gasteiger partial charge is 0.230 e. The molecule has 1 aromatic carbocycles. The Bertz CT molecular complexity index is 642. The molecule has 0 bridgehead atoms. The predicted octanol–water partition coefficient (Wildman–Crippen LogP) is 5.63. The number of ketones is 1. The van der Waals surface area contributed by atoms with Crippen molar-refractivity contribution < 1.29 is 20.0 Å². The van der Waals surface area contributed by atoms with Gasteiger partial charge in [0.25, 0.3) is 0 Å². The van der Waals surface area contributed by atoms with E-state index < -0.39 is 17.5 Å². The maximum atomic E-state index is 13.3. The summed E-state index contributed by atoms with van der Waals surface area (Å²) in [5.41, 5.74) is 3.43. The van der Waals surface area contributed by atoms with E-state index in [4.69, 9.17) is 0 Å². The van der Waals surface area contributed by atoms with E-state index in [1.165, 1.54) is 5.56 Å². The fourth-order valence-corrected chi connectivity index (χ4v) is 3.04. The molecule has 1 atom stereocenters. The summed E-state index contributed by atoms with van der Waals surface area (Å²) in [5, 5.41) is 19.8. The Morgan fingerprint density at radius 2 is 1.38 bits per heavy atom. The highest BCUT2D eigenvalue weighted by Gasteiger charge is 2.41. The fourth-order valence-electron chi connectivity index (χ4n) is 3.04. The van der Waals surface area contributed by atoms with Gasteiger partial charge in [0, 0.05) is 11.5 Å². The molecule has 0 aliphatic rings. The van der Waals surface area contributed by atoms with Crippen LogP contribution in [0, 0.1) is 5.92 Å². The Hall–Kier alpha value is -1.49. The van der Waals surface area contributed by atoms with Crippen LogP contribution in [0.1, 0.15) is 100 Å². The average Bonchev–Trinajstić information content (AvgIpc) is 2.57. The highest BCUT2D eigenvalue weighted by Crippen LogP contribution is 2.36. The first kappa shape index (κ1) is 22.6. The second-order valence-corrected chi connectivity index (χ2v) is 8.29. The number of hydrogen-bond acceptors (Lipinski definition) is 4. The molecule has 0 saturated heterocycles. The maximum Gasteiger partial charge on any atom is 0.230 e. The lowest BCUT2D eigenvalue weighted by molar-refractivity contribution is -0.388. The zero-order valence-corrected chi connectivity index (χ0v) is 17.4. The van der Waals surface area contributed by atoms with Crippen molar-refractivity contribution in [2.75, 3.05) is 0 Å². The van der Waals surface area contributed by atoms with E-state index in [9.17, 15) is 15.2 Å². The largest absolute Gasteiger partial charge is 0.359 e. The molecule has 0 aliphatic carbocycles. The highest BCUT2D eigenvalue weighted by atomic mass is 17.1. The maximum absolute atomic E-state index is 13.3. The number of benzene rings is 1. The predicted molar refractivity (Wildman–Crippen MR) is 106 cm³/mol. The minimum Gasteiger partial charge on any atom is -0.359 e. The third-order valence-corrected chi connectivity index (χ3v) is 4.99. The van der Waals surface area contributed by atoms with Crippen LogP contribution in [0.3, 0.4) is 0 Å². The van der Waals surface area contributed by atoms with Gasteiger partial charge in [0.1, 0.15) is 0 Å². The van der Waals surface area contributed by atoms with Crippen molar-refractivity contribution in [1.82, 2.24) is 0 Å². The van der Waals surface area contributed by atoms with Gasteiger partial charge in [0.2, 0.25) is 5.79 Å².